The maximum absolute atomic E-state index is 11.0. The summed E-state index contributed by atoms with van der Waals surface area (Å²) in [5.41, 5.74) is 0.927. The first-order chi connectivity index (χ1) is 8.61. The number of halogens is 1. The van der Waals surface area contributed by atoms with Gasteiger partial charge < -0.3 is 9.67 Å². The van der Waals surface area contributed by atoms with Gasteiger partial charge in [0.1, 0.15) is 5.82 Å². The molecule has 6 heteroatoms. The molecule has 0 spiro atoms. The van der Waals surface area contributed by atoms with Gasteiger partial charge in [-0.2, -0.15) is 0 Å². The Labute approximate surface area is 128 Å². The summed E-state index contributed by atoms with van der Waals surface area (Å²) in [5, 5.41) is 9.63. The summed E-state index contributed by atoms with van der Waals surface area (Å²) in [4.78, 5) is 15.1. The third kappa shape index (κ3) is 3.63. The molecule has 0 fully saturated rings. The number of aromatic carboxylic acids is 1. The molecule has 2 aromatic rings. The van der Waals surface area contributed by atoms with Gasteiger partial charge in [0, 0.05) is 23.3 Å². The van der Waals surface area contributed by atoms with E-state index in [1.807, 2.05) is 19.1 Å². The molecule has 0 aliphatic heterocycles. The maximum atomic E-state index is 11.0. The van der Waals surface area contributed by atoms with Crippen LogP contribution in [0.5, 0.6) is 0 Å². The second kappa shape index (κ2) is 6.81. The number of benzene rings is 1. The zero-order chi connectivity index (χ0) is 13.1. The predicted octanol–water partition coefficient (Wildman–Crippen LogP) is 2.53. The average Bonchev–Trinajstić information content (AvgIpc) is 2.75. The van der Waals surface area contributed by atoms with Crippen molar-refractivity contribution in [1.82, 2.24) is 9.55 Å². The molecule has 4 nitrogen and oxygen atoms in total. The molecule has 96 valence electrons. The molecule has 19 heavy (non-hydrogen) atoms. The Morgan fingerprint density at radius 1 is 1.37 bits per heavy atom. The quantitative estimate of drug-likeness (QED) is 0.870. The molecule has 0 amide bonds. The minimum atomic E-state index is -1.01. The second-order valence-electron chi connectivity index (χ2n) is 3.94. The van der Waals surface area contributed by atoms with Gasteiger partial charge in [0.05, 0.1) is 0 Å². The molecule has 2 rings (SSSR count). The SMILES string of the molecule is CCCc1nc(C(=O)O)cn1-c1ccc(Cl)cc1.[LiH]. The molecule has 0 atom stereocenters. The molecule has 0 saturated carbocycles. The van der Waals surface area contributed by atoms with Crippen molar-refractivity contribution in [3.05, 3.63) is 47.0 Å². The second-order valence-corrected chi connectivity index (χ2v) is 4.38. The third-order valence-electron chi connectivity index (χ3n) is 2.58. The summed E-state index contributed by atoms with van der Waals surface area (Å²) in [6, 6.07) is 7.23. The fourth-order valence-corrected chi connectivity index (χ4v) is 1.87. The van der Waals surface area contributed by atoms with Gasteiger partial charge in [-0.15, -0.1) is 0 Å². The molecule has 0 aliphatic carbocycles. The Morgan fingerprint density at radius 2 is 2.00 bits per heavy atom. The van der Waals surface area contributed by atoms with Crippen molar-refractivity contribution < 1.29 is 9.90 Å². The number of imidazole rings is 1. The van der Waals surface area contributed by atoms with E-state index in [4.69, 9.17) is 16.7 Å². The summed E-state index contributed by atoms with van der Waals surface area (Å²) in [5.74, 6) is -0.266. The van der Waals surface area contributed by atoms with Gasteiger partial charge in [0.2, 0.25) is 0 Å². The standard InChI is InChI=1S/C13H13ClN2O2.Li.H/c1-2-3-12-15-11(13(17)18)8-16(12)10-6-4-9(14)5-7-10;;/h4-8H,2-3H2,1H3,(H,17,18);;. The number of aryl methyl sites for hydroxylation is 1. The fourth-order valence-electron chi connectivity index (χ4n) is 1.75. The first-order valence-electron chi connectivity index (χ1n) is 5.69. The van der Waals surface area contributed by atoms with Crippen LogP contribution in [-0.4, -0.2) is 39.5 Å². The van der Waals surface area contributed by atoms with Crippen molar-refractivity contribution in [2.24, 2.45) is 0 Å². The van der Waals surface area contributed by atoms with Crippen LogP contribution in [0.25, 0.3) is 5.69 Å². The van der Waals surface area contributed by atoms with Crippen molar-refractivity contribution >= 4 is 36.4 Å². The summed E-state index contributed by atoms with van der Waals surface area (Å²) in [6.45, 7) is 2.03. The van der Waals surface area contributed by atoms with Crippen LogP contribution in [0.15, 0.2) is 30.5 Å². The Kier molecular flexibility index (Phi) is 5.68. The van der Waals surface area contributed by atoms with Crippen LogP contribution in [0, 0.1) is 0 Å². The zero-order valence-corrected chi connectivity index (χ0v) is 10.7. The molecule has 0 radical (unpaired) electrons. The van der Waals surface area contributed by atoms with Crippen molar-refractivity contribution in [1.29, 1.82) is 0 Å². The first-order valence-corrected chi connectivity index (χ1v) is 6.07. The molecular formula is C13H14ClLiN2O2. The van der Waals surface area contributed by atoms with E-state index in [9.17, 15) is 4.79 Å². The van der Waals surface area contributed by atoms with Crippen LogP contribution in [0.2, 0.25) is 5.02 Å². The molecule has 1 aromatic carbocycles. The van der Waals surface area contributed by atoms with Gasteiger partial charge in [0.15, 0.2) is 5.69 Å². The molecule has 1 N–H and O–H groups in total. The average molecular weight is 273 g/mol. The number of carbonyl (C=O) groups is 1. The number of aromatic nitrogens is 2. The normalized spacial score (nSPS) is 10.0. The Balaban J connectivity index is 0.00000180. The number of hydrogen-bond donors (Lipinski definition) is 1. The van der Waals surface area contributed by atoms with Crippen molar-refractivity contribution in [2.45, 2.75) is 19.8 Å². The molecule has 1 heterocycles. The van der Waals surface area contributed by atoms with E-state index in [2.05, 4.69) is 4.98 Å². The van der Waals surface area contributed by atoms with Crippen LogP contribution in [0.1, 0.15) is 29.7 Å². The monoisotopic (exact) mass is 272 g/mol. The summed E-state index contributed by atoms with van der Waals surface area (Å²) < 4.78 is 1.79. The molecule has 0 aliphatic rings. The van der Waals surface area contributed by atoms with Gasteiger partial charge in [-0.3, -0.25) is 0 Å². The number of nitrogens with zero attached hydrogens (tertiary/aromatic N) is 2. The zero-order valence-electron chi connectivity index (χ0n) is 9.93. The summed E-state index contributed by atoms with van der Waals surface area (Å²) in [7, 11) is 0. The predicted molar refractivity (Wildman–Crippen MR) is 76.7 cm³/mol. The van der Waals surface area contributed by atoms with Gasteiger partial charge in [-0.25, -0.2) is 9.78 Å². The van der Waals surface area contributed by atoms with Gasteiger partial charge in [-0.05, 0) is 30.7 Å². The first kappa shape index (κ1) is 15.8. The third-order valence-corrected chi connectivity index (χ3v) is 2.83. The summed E-state index contributed by atoms with van der Waals surface area (Å²) in [6.07, 6.45) is 3.18. The van der Waals surface area contributed by atoms with E-state index in [-0.39, 0.29) is 24.6 Å². The number of rotatable bonds is 4. The molecule has 0 bridgehead atoms. The van der Waals surface area contributed by atoms with Crippen LogP contribution < -0.4 is 0 Å². The molecule has 0 unspecified atom stereocenters. The van der Waals surface area contributed by atoms with Gasteiger partial charge >= 0.3 is 24.8 Å². The van der Waals surface area contributed by atoms with Crippen LogP contribution in [0.4, 0.5) is 0 Å². The topological polar surface area (TPSA) is 55.1 Å². The van der Waals surface area contributed by atoms with E-state index >= 15 is 0 Å². The van der Waals surface area contributed by atoms with E-state index in [1.165, 1.54) is 6.20 Å². The van der Waals surface area contributed by atoms with E-state index < -0.39 is 5.97 Å². The van der Waals surface area contributed by atoms with Crippen LogP contribution >= 0.6 is 11.6 Å². The number of hydrogen-bond acceptors (Lipinski definition) is 2. The van der Waals surface area contributed by atoms with E-state index in [0.29, 0.717) is 5.02 Å². The number of carboxylic acid groups (broad SMARTS) is 1. The minimum absolute atomic E-state index is 0. The number of carboxylic acids is 1. The van der Waals surface area contributed by atoms with Crippen molar-refractivity contribution in [2.75, 3.05) is 0 Å². The van der Waals surface area contributed by atoms with Crippen LogP contribution in [0.3, 0.4) is 0 Å². The molecule has 0 saturated heterocycles. The van der Waals surface area contributed by atoms with Crippen LogP contribution in [-0.2, 0) is 6.42 Å². The van der Waals surface area contributed by atoms with Gasteiger partial charge in [0.25, 0.3) is 0 Å². The Morgan fingerprint density at radius 3 is 2.53 bits per heavy atom. The fraction of sp³-hybridized carbons (Fsp3) is 0.231. The molecule has 1 aromatic heterocycles. The summed E-state index contributed by atoms with van der Waals surface area (Å²) >= 11 is 5.84. The Hall–Kier alpha value is -1.21. The van der Waals surface area contributed by atoms with Gasteiger partial charge in [-0.1, -0.05) is 18.5 Å². The van der Waals surface area contributed by atoms with E-state index in [1.54, 1.807) is 16.7 Å². The van der Waals surface area contributed by atoms with Crippen molar-refractivity contribution in [3.8, 4) is 5.69 Å². The van der Waals surface area contributed by atoms with Crippen molar-refractivity contribution in [3.63, 3.8) is 0 Å². The Bertz CT molecular complexity index is 567. The molecular weight excluding hydrogens is 259 g/mol. The van der Waals surface area contributed by atoms with E-state index in [0.717, 1.165) is 24.4 Å².